The summed E-state index contributed by atoms with van der Waals surface area (Å²) in [5.74, 6) is -0.504. The number of nitrogens with one attached hydrogen (secondary N) is 2. The molecule has 1 saturated heterocycles. The van der Waals surface area contributed by atoms with Crippen LogP contribution in [-0.4, -0.2) is 30.6 Å². The van der Waals surface area contributed by atoms with Gasteiger partial charge in [0, 0.05) is 35.4 Å². The number of amides is 1. The Labute approximate surface area is 182 Å². The Morgan fingerprint density at radius 2 is 2.00 bits per heavy atom. The van der Waals surface area contributed by atoms with Crippen molar-refractivity contribution in [1.29, 1.82) is 0 Å². The molecule has 1 aliphatic rings. The number of benzene rings is 2. The highest BCUT2D eigenvalue weighted by atomic mass is 19.4. The number of carbonyl (C=O) groups is 1. The highest BCUT2D eigenvalue weighted by molar-refractivity contribution is 6.06. The zero-order valence-corrected chi connectivity index (χ0v) is 17.5. The van der Waals surface area contributed by atoms with Crippen molar-refractivity contribution in [2.45, 2.75) is 32.0 Å². The molecule has 168 valence electrons. The average molecular weight is 445 g/mol. The number of pyridine rings is 1. The number of rotatable bonds is 4. The van der Waals surface area contributed by atoms with Crippen LogP contribution in [0.3, 0.4) is 0 Å². The van der Waals surface area contributed by atoms with Crippen LogP contribution in [0, 0.1) is 0 Å². The Hall–Kier alpha value is -3.49. The number of ether oxygens (including phenoxy) is 1. The fourth-order valence-corrected chi connectivity index (χ4v) is 4.05. The predicted molar refractivity (Wildman–Crippen MR) is 117 cm³/mol. The summed E-state index contributed by atoms with van der Waals surface area (Å²) in [5, 5.41) is 2.47. The van der Waals surface area contributed by atoms with Crippen molar-refractivity contribution in [3.8, 4) is 5.75 Å². The minimum Gasteiger partial charge on any atom is -0.497 e. The molecule has 1 fully saturated rings. The molecule has 0 bridgehead atoms. The third kappa shape index (κ3) is 4.02. The lowest BCUT2D eigenvalue weighted by Crippen LogP contribution is -2.27. The van der Waals surface area contributed by atoms with Crippen molar-refractivity contribution < 1.29 is 22.7 Å². The van der Waals surface area contributed by atoms with Crippen LogP contribution < -0.4 is 20.4 Å². The number of nitrogens with zero attached hydrogens (tertiary/aromatic N) is 1. The Balaban J connectivity index is 1.70. The van der Waals surface area contributed by atoms with Crippen molar-refractivity contribution in [1.82, 2.24) is 4.98 Å². The van der Waals surface area contributed by atoms with E-state index >= 15 is 0 Å². The molecule has 2 N–H and O–H groups in total. The van der Waals surface area contributed by atoms with Crippen molar-refractivity contribution in [2.75, 3.05) is 23.9 Å². The molecule has 2 heterocycles. The number of hydrogen-bond acceptors (Lipinski definition) is 4. The first-order valence-electron chi connectivity index (χ1n) is 10.2. The van der Waals surface area contributed by atoms with E-state index in [0.717, 1.165) is 18.9 Å². The lowest BCUT2D eigenvalue weighted by molar-refractivity contribution is -0.136. The van der Waals surface area contributed by atoms with Crippen LogP contribution in [0.4, 0.5) is 24.5 Å². The zero-order chi connectivity index (χ0) is 23.0. The first kappa shape index (κ1) is 21.7. The largest absolute Gasteiger partial charge is 0.497 e. The second-order valence-electron chi connectivity index (χ2n) is 7.81. The lowest BCUT2D eigenvalue weighted by atomic mass is 10.1. The maximum absolute atomic E-state index is 13.8. The molecule has 1 unspecified atom stereocenters. The number of halogens is 3. The summed E-state index contributed by atoms with van der Waals surface area (Å²) >= 11 is 0. The molecule has 1 atom stereocenters. The van der Waals surface area contributed by atoms with Crippen LogP contribution in [0.25, 0.3) is 10.9 Å². The Bertz CT molecular complexity index is 1240. The minimum atomic E-state index is -4.68. The van der Waals surface area contributed by atoms with E-state index < -0.39 is 28.8 Å². The van der Waals surface area contributed by atoms with Gasteiger partial charge in [-0.15, -0.1) is 0 Å². The number of carbonyl (C=O) groups excluding carboxylic acids is 1. The van der Waals surface area contributed by atoms with Gasteiger partial charge < -0.3 is 19.9 Å². The van der Waals surface area contributed by atoms with Crippen molar-refractivity contribution in [3.63, 3.8) is 0 Å². The number of fused-ring (bicyclic) bond motifs is 1. The topological polar surface area (TPSA) is 74.4 Å². The highest BCUT2D eigenvalue weighted by Crippen LogP contribution is 2.38. The van der Waals surface area contributed by atoms with Gasteiger partial charge in [0.2, 0.25) is 5.43 Å². The van der Waals surface area contributed by atoms with Gasteiger partial charge in [-0.3, -0.25) is 9.59 Å². The van der Waals surface area contributed by atoms with E-state index in [-0.39, 0.29) is 17.0 Å². The minimum absolute atomic E-state index is 0.143. The summed E-state index contributed by atoms with van der Waals surface area (Å²) in [6, 6.07) is 8.73. The average Bonchev–Trinajstić information content (AvgIpc) is 3.19. The third-order valence-corrected chi connectivity index (χ3v) is 5.77. The molecule has 4 rings (SSSR count). The molecule has 0 spiro atoms. The molecule has 1 aliphatic heterocycles. The summed E-state index contributed by atoms with van der Waals surface area (Å²) in [6.07, 6.45) is -1.66. The predicted octanol–water partition coefficient (Wildman–Crippen LogP) is 4.80. The molecule has 32 heavy (non-hydrogen) atoms. The van der Waals surface area contributed by atoms with Gasteiger partial charge in [0.25, 0.3) is 5.91 Å². The van der Waals surface area contributed by atoms with Gasteiger partial charge in [0.15, 0.2) is 0 Å². The van der Waals surface area contributed by atoms with E-state index in [1.165, 1.54) is 25.4 Å². The standard InChI is InChI=1S/C23H22F3N3O3/c1-13-4-3-9-29(13)14-5-7-20(18(10-14)23(24,25)26)28-22(31)17-12-27-19-8-6-15(32-2)11-16(19)21(17)30/h5-8,10-13H,3-4,9H2,1-2H3,(H,27,30)(H,28,31). The second kappa shape index (κ2) is 8.22. The molecule has 2 aromatic carbocycles. The van der Waals surface area contributed by atoms with E-state index in [0.29, 0.717) is 23.5 Å². The molecule has 1 aromatic heterocycles. The number of alkyl halides is 3. The van der Waals surface area contributed by atoms with Gasteiger partial charge in [-0.05, 0) is 56.2 Å². The number of methoxy groups -OCH3 is 1. The van der Waals surface area contributed by atoms with Crippen LogP contribution in [0.2, 0.25) is 0 Å². The number of H-pyrrole nitrogens is 1. The fraction of sp³-hybridized carbons (Fsp3) is 0.304. The summed E-state index contributed by atoms with van der Waals surface area (Å²) < 4.78 is 46.5. The van der Waals surface area contributed by atoms with Gasteiger partial charge in [0.1, 0.15) is 11.3 Å². The maximum Gasteiger partial charge on any atom is 0.418 e. The molecule has 9 heteroatoms. The molecule has 6 nitrogen and oxygen atoms in total. The SMILES string of the molecule is COc1ccc2[nH]cc(C(=O)Nc3ccc(N4CCCC4C)cc3C(F)(F)F)c(=O)c2c1. The first-order valence-corrected chi connectivity index (χ1v) is 10.2. The van der Waals surface area contributed by atoms with Crippen LogP contribution >= 0.6 is 0 Å². The first-order chi connectivity index (χ1) is 15.2. The lowest BCUT2D eigenvalue weighted by Gasteiger charge is -2.25. The number of aromatic nitrogens is 1. The molecule has 0 aliphatic carbocycles. The molecular weight excluding hydrogens is 423 g/mol. The van der Waals surface area contributed by atoms with Crippen LogP contribution in [0.1, 0.15) is 35.7 Å². The summed E-state index contributed by atoms with van der Waals surface area (Å²) in [6.45, 7) is 2.65. The summed E-state index contributed by atoms with van der Waals surface area (Å²) in [4.78, 5) is 30.3. The number of anilines is 2. The quantitative estimate of drug-likeness (QED) is 0.605. The van der Waals surface area contributed by atoms with E-state index in [1.54, 1.807) is 18.2 Å². The van der Waals surface area contributed by atoms with Gasteiger partial charge in [-0.2, -0.15) is 13.2 Å². The molecule has 0 saturated carbocycles. The molecular formula is C23H22F3N3O3. The summed E-state index contributed by atoms with van der Waals surface area (Å²) in [5.41, 5.74) is -1.32. The normalized spacial score (nSPS) is 16.4. The van der Waals surface area contributed by atoms with E-state index in [1.807, 2.05) is 11.8 Å². The monoisotopic (exact) mass is 445 g/mol. The number of aromatic amines is 1. The Kier molecular flexibility index (Phi) is 5.58. The van der Waals surface area contributed by atoms with Gasteiger partial charge in [-0.25, -0.2) is 0 Å². The second-order valence-corrected chi connectivity index (χ2v) is 7.81. The van der Waals surface area contributed by atoms with Crippen molar-refractivity contribution >= 4 is 28.2 Å². The van der Waals surface area contributed by atoms with Crippen LogP contribution in [0.5, 0.6) is 5.75 Å². The van der Waals surface area contributed by atoms with Gasteiger partial charge in [0.05, 0.1) is 18.4 Å². The van der Waals surface area contributed by atoms with Gasteiger partial charge >= 0.3 is 6.18 Å². The summed E-state index contributed by atoms with van der Waals surface area (Å²) in [7, 11) is 1.44. The molecule has 1 amide bonds. The fourth-order valence-electron chi connectivity index (χ4n) is 4.05. The maximum atomic E-state index is 13.8. The van der Waals surface area contributed by atoms with Crippen molar-refractivity contribution in [2.24, 2.45) is 0 Å². The Morgan fingerprint density at radius 3 is 2.66 bits per heavy atom. The third-order valence-electron chi connectivity index (χ3n) is 5.77. The van der Waals surface area contributed by atoms with Gasteiger partial charge in [-0.1, -0.05) is 0 Å². The van der Waals surface area contributed by atoms with Crippen LogP contribution in [-0.2, 0) is 6.18 Å². The molecule has 3 aromatic rings. The van der Waals surface area contributed by atoms with E-state index in [2.05, 4.69) is 10.3 Å². The molecule has 0 radical (unpaired) electrons. The zero-order valence-electron chi connectivity index (χ0n) is 17.5. The number of hydrogen-bond donors (Lipinski definition) is 2. The van der Waals surface area contributed by atoms with Crippen molar-refractivity contribution in [3.05, 3.63) is 63.9 Å². The highest BCUT2D eigenvalue weighted by Gasteiger charge is 2.35. The van der Waals surface area contributed by atoms with E-state index in [4.69, 9.17) is 4.74 Å². The Morgan fingerprint density at radius 1 is 1.22 bits per heavy atom. The smallest absolute Gasteiger partial charge is 0.418 e. The van der Waals surface area contributed by atoms with E-state index in [9.17, 15) is 22.8 Å². The van der Waals surface area contributed by atoms with Crippen LogP contribution in [0.15, 0.2) is 47.4 Å².